The average molecular weight is 170 g/mol. The Balaban J connectivity index is 2.42. The molecule has 2 unspecified atom stereocenters. The van der Waals surface area contributed by atoms with Crippen LogP contribution in [0.2, 0.25) is 0 Å². The maximum Gasteiger partial charge on any atom is 0.237 e. The van der Waals surface area contributed by atoms with Crippen LogP contribution in [0.1, 0.15) is 26.7 Å². The molecule has 1 amide bonds. The number of nitrogens with one attached hydrogen (secondary N) is 2. The van der Waals surface area contributed by atoms with E-state index in [1.165, 1.54) is 6.42 Å². The van der Waals surface area contributed by atoms with Gasteiger partial charge in [-0.3, -0.25) is 4.79 Å². The Morgan fingerprint density at radius 3 is 3.00 bits per heavy atom. The lowest BCUT2D eigenvalue weighted by atomic mass is 9.92. The lowest BCUT2D eigenvalue weighted by Crippen LogP contribution is -2.50. The highest BCUT2D eigenvalue weighted by Crippen LogP contribution is 2.15. The number of hydrogen-bond donors (Lipinski definition) is 2. The molecular formula is C9H18N2O. The lowest BCUT2D eigenvalue weighted by Gasteiger charge is -2.28. The Morgan fingerprint density at radius 2 is 2.42 bits per heavy atom. The Bertz CT molecular complexity index is 159. The van der Waals surface area contributed by atoms with Crippen molar-refractivity contribution in [3.8, 4) is 0 Å². The summed E-state index contributed by atoms with van der Waals surface area (Å²) in [5.41, 5.74) is 0. The van der Waals surface area contributed by atoms with Gasteiger partial charge in [-0.25, -0.2) is 0 Å². The first-order valence-electron chi connectivity index (χ1n) is 4.76. The molecule has 3 nitrogen and oxygen atoms in total. The minimum absolute atomic E-state index is 0.0405. The molecule has 0 aromatic rings. The van der Waals surface area contributed by atoms with Crippen LogP contribution in [0.3, 0.4) is 0 Å². The number of rotatable bonds is 2. The quantitative estimate of drug-likeness (QED) is 0.634. The molecule has 70 valence electrons. The summed E-state index contributed by atoms with van der Waals surface area (Å²) in [6.07, 6.45) is 2.35. The molecule has 0 spiro atoms. The maximum absolute atomic E-state index is 11.4. The molecule has 2 atom stereocenters. The van der Waals surface area contributed by atoms with Gasteiger partial charge in [0.1, 0.15) is 0 Å². The number of carbonyl (C=O) groups excluding carboxylic acids is 1. The second kappa shape index (κ2) is 4.45. The van der Waals surface area contributed by atoms with Crippen LogP contribution < -0.4 is 10.6 Å². The van der Waals surface area contributed by atoms with Gasteiger partial charge in [-0.15, -0.1) is 0 Å². The molecule has 1 heterocycles. The Morgan fingerprint density at radius 1 is 1.67 bits per heavy atom. The van der Waals surface area contributed by atoms with Gasteiger partial charge in [0.15, 0.2) is 0 Å². The van der Waals surface area contributed by atoms with Crippen molar-refractivity contribution in [3.63, 3.8) is 0 Å². The zero-order valence-electron chi connectivity index (χ0n) is 7.89. The molecule has 12 heavy (non-hydrogen) atoms. The molecule has 1 aliphatic heterocycles. The molecule has 1 fully saturated rings. The van der Waals surface area contributed by atoms with Gasteiger partial charge in [0, 0.05) is 6.54 Å². The minimum Gasteiger partial charge on any atom is -0.355 e. The largest absolute Gasteiger partial charge is 0.355 e. The van der Waals surface area contributed by atoms with Gasteiger partial charge in [-0.1, -0.05) is 6.92 Å². The SMILES string of the molecule is CCNC(=O)C1NCCCC1C. The summed E-state index contributed by atoms with van der Waals surface area (Å²) in [5.74, 6) is 0.634. The van der Waals surface area contributed by atoms with E-state index in [2.05, 4.69) is 17.6 Å². The zero-order valence-corrected chi connectivity index (χ0v) is 7.89. The van der Waals surface area contributed by atoms with Gasteiger partial charge in [0.25, 0.3) is 0 Å². The van der Waals surface area contributed by atoms with Crippen molar-refractivity contribution in [1.29, 1.82) is 0 Å². The maximum atomic E-state index is 11.4. The van der Waals surface area contributed by atoms with Crippen LogP contribution in [-0.2, 0) is 4.79 Å². The summed E-state index contributed by atoms with van der Waals surface area (Å²) in [7, 11) is 0. The first kappa shape index (κ1) is 9.52. The molecule has 2 N–H and O–H groups in total. The molecule has 1 saturated heterocycles. The second-order valence-corrected chi connectivity index (χ2v) is 3.45. The van der Waals surface area contributed by atoms with E-state index in [1.54, 1.807) is 0 Å². The van der Waals surface area contributed by atoms with Crippen molar-refractivity contribution in [3.05, 3.63) is 0 Å². The monoisotopic (exact) mass is 170 g/mol. The minimum atomic E-state index is 0.0405. The lowest BCUT2D eigenvalue weighted by molar-refractivity contribution is -0.124. The smallest absolute Gasteiger partial charge is 0.237 e. The second-order valence-electron chi connectivity index (χ2n) is 3.45. The molecule has 0 bridgehead atoms. The van der Waals surface area contributed by atoms with Gasteiger partial charge >= 0.3 is 0 Å². The first-order valence-corrected chi connectivity index (χ1v) is 4.76. The van der Waals surface area contributed by atoms with E-state index >= 15 is 0 Å². The zero-order chi connectivity index (χ0) is 8.97. The predicted octanol–water partition coefficient (Wildman–Crippen LogP) is 0.511. The summed E-state index contributed by atoms with van der Waals surface area (Å²) >= 11 is 0. The average Bonchev–Trinajstić information content (AvgIpc) is 2.05. The van der Waals surface area contributed by atoms with Crippen LogP contribution in [0.15, 0.2) is 0 Å². The third kappa shape index (κ3) is 2.21. The van der Waals surface area contributed by atoms with E-state index in [9.17, 15) is 4.79 Å². The van der Waals surface area contributed by atoms with Crippen LogP contribution in [0.5, 0.6) is 0 Å². The van der Waals surface area contributed by atoms with E-state index in [0.717, 1.165) is 19.5 Å². The molecule has 0 aromatic carbocycles. The number of hydrogen-bond acceptors (Lipinski definition) is 2. The van der Waals surface area contributed by atoms with Gasteiger partial charge in [0.2, 0.25) is 5.91 Å². The molecule has 1 aliphatic rings. The fourth-order valence-electron chi connectivity index (χ4n) is 1.68. The van der Waals surface area contributed by atoms with E-state index in [0.29, 0.717) is 5.92 Å². The summed E-state index contributed by atoms with van der Waals surface area (Å²) in [4.78, 5) is 11.4. The van der Waals surface area contributed by atoms with Crippen LogP contribution >= 0.6 is 0 Å². The van der Waals surface area contributed by atoms with Gasteiger partial charge in [-0.05, 0) is 32.2 Å². The highest BCUT2D eigenvalue weighted by Gasteiger charge is 2.26. The third-order valence-corrected chi connectivity index (χ3v) is 2.40. The molecule has 0 aliphatic carbocycles. The molecule has 3 heteroatoms. The van der Waals surface area contributed by atoms with Crippen LogP contribution in [0, 0.1) is 5.92 Å². The van der Waals surface area contributed by atoms with Gasteiger partial charge < -0.3 is 10.6 Å². The summed E-state index contributed by atoms with van der Waals surface area (Å²) in [6.45, 7) is 5.79. The van der Waals surface area contributed by atoms with Crippen molar-refractivity contribution in [2.75, 3.05) is 13.1 Å². The fourth-order valence-corrected chi connectivity index (χ4v) is 1.68. The Labute approximate surface area is 73.9 Å². The van der Waals surface area contributed by atoms with Crippen molar-refractivity contribution in [2.45, 2.75) is 32.7 Å². The van der Waals surface area contributed by atoms with E-state index < -0.39 is 0 Å². The fraction of sp³-hybridized carbons (Fsp3) is 0.889. The number of likely N-dealkylation sites (N-methyl/N-ethyl adjacent to an activating group) is 1. The van der Waals surface area contributed by atoms with E-state index in [-0.39, 0.29) is 11.9 Å². The molecular weight excluding hydrogens is 152 g/mol. The van der Waals surface area contributed by atoms with Gasteiger partial charge in [-0.2, -0.15) is 0 Å². The summed E-state index contributed by atoms with van der Waals surface area (Å²) in [6, 6.07) is 0.0405. The van der Waals surface area contributed by atoms with Crippen LogP contribution in [-0.4, -0.2) is 25.0 Å². The van der Waals surface area contributed by atoms with E-state index in [1.807, 2.05) is 6.92 Å². The normalized spacial score (nSPS) is 29.8. The Kier molecular flexibility index (Phi) is 3.53. The highest BCUT2D eigenvalue weighted by atomic mass is 16.2. The van der Waals surface area contributed by atoms with Gasteiger partial charge in [0.05, 0.1) is 6.04 Å². The summed E-state index contributed by atoms with van der Waals surface area (Å²) < 4.78 is 0. The molecule has 0 saturated carbocycles. The number of amides is 1. The third-order valence-electron chi connectivity index (χ3n) is 2.40. The Hall–Kier alpha value is -0.570. The van der Waals surface area contributed by atoms with Crippen molar-refractivity contribution >= 4 is 5.91 Å². The number of carbonyl (C=O) groups is 1. The van der Waals surface area contributed by atoms with Crippen molar-refractivity contribution < 1.29 is 4.79 Å². The van der Waals surface area contributed by atoms with E-state index in [4.69, 9.17) is 0 Å². The number of piperidine rings is 1. The van der Waals surface area contributed by atoms with Crippen molar-refractivity contribution in [1.82, 2.24) is 10.6 Å². The summed E-state index contributed by atoms with van der Waals surface area (Å²) in [5, 5.41) is 6.09. The molecule has 1 rings (SSSR count). The topological polar surface area (TPSA) is 41.1 Å². The first-order chi connectivity index (χ1) is 5.75. The molecule has 0 aromatic heterocycles. The van der Waals surface area contributed by atoms with Crippen LogP contribution in [0.4, 0.5) is 0 Å². The predicted molar refractivity (Wildman–Crippen MR) is 48.9 cm³/mol. The van der Waals surface area contributed by atoms with Crippen LogP contribution in [0.25, 0.3) is 0 Å². The van der Waals surface area contributed by atoms with Crippen molar-refractivity contribution in [2.24, 2.45) is 5.92 Å². The molecule has 0 radical (unpaired) electrons. The highest BCUT2D eigenvalue weighted by molar-refractivity contribution is 5.82. The standard InChI is InChI=1S/C9H18N2O/c1-3-10-9(12)8-7(2)5-4-6-11-8/h7-8,11H,3-6H2,1-2H3,(H,10,12).